The van der Waals surface area contributed by atoms with E-state index in [-0.39, 0.29) is 17.7 Å². The van der Waals surface area contributed by atoms with Crippen molar-refractivity contribution in [1.82, 2.24) is 9.88 Å². The van der Waals surface area contributed by atoms with Gasteiger partial charge in [0.15, 0.2) is 0 Å². The monoisotopic (exact) mass is 325 g/mol. The molecular formula is C18H19N3O3. The van der Waals surface area contributed by atoms with Gasteiger partial charge >= 0.3 is 0 Å². The zero-order chi connectivity index (χ0) is 16.7. The normalized spacial score (nSPS) is 26.5. The number of carbonyl (C=O) groups is 2. The van der Waals surface area contributed by atoms with Crippen molar-refractivity contribution in [1.29, 1.82) is 0 Å². The first-order chi connectivity index (χ1) is 11.6. The first kappa shape index (κ1) is 14.9. The number of hydrogen-bond donors (Lipinski definition) is 0. The third-order valence-corrected chi connectivity index (χ3v) is 5.38. The summed E-state index contributed by atoms with van der Waals surface area (Å²) >= 11 is 0. The lowest BCUT2D eigenvalue weighted by Crippen LogP contribution is -2.40. The molecule has 0 aliphatic carbocycles. The van der Waals surface area contributed by atoms with Crippen molar-refractivity contribution in [2.45, 2.75) is 13.3 Å². The van der Waals surface area contributed by atoms with Gasteiger partial charge in [-0.25, -0.2) is 0 Å². The molecule has 6 nitrogen and oxygen atoms in total. The van der Waals surface area contributed by atoms with E-state index in [1.54, 1.807) is 28.3 Å². The van der Waals surface area contributed by atoms with Crippen LogP contribution >= 0.6 is 0 Å². The maximum atomic E-state index is 13.1. The summed E-state index contributed by atoms with van der Waals surface area (Å²) in [6.07, 6.45) is 7.12. The minimum atomic E-state index is -0.491. The number of aromatic nitrogens is 1. The topological polar surface area (TPSA) is 66.7 Å². The van der Waals surface area contributed by atoms with Crippen molar-refractivity contribution >= 4 is 17.5 Å². The fourth-order valence-corrected chi connectivity index (χ4v) is 3.94. The molecule has 0 bridgehead atoms. The summed E-state index contributed by atoms with van der Waals surface area (Å²) in [5, 5.41) is 0. The Hall–Kier alpha value is -2.63. The maximum Gasteiger partial charge on any atom is 0.257 e. The van der Waals surface area contributed by atoms with E-state index in [2.05, 4.69) is 11.9 Å². The highest BCUT2D eigenvalue weighted by atomic mass is 16.3. The second-order valence-electron chi connectivity index (χ2n) is 6.67. The Labute approximate surface area is 140 Å². The van der Waals surface area contributed by atoms with Crippen LogP contribution in [0.25, 0.3) is 0 Å². The Morgan fingerprint density at radius 3 is 3.00 bits per heavy atom. The number of amides is 2. The molecule has 0 N–H and O–H groups in total. The zero-order valence-electron chi connectivity index (χ0n) is 13.5. The number of anilines is 1. The minimum Gasteiger partial charge on any atom is -0.472 e. The number of hydrogen-bond acceptors (Lipinski definition) is 4. The molecule has 2 aliphatic rings. The van der Waals surface area contributed by atoms with E-state index in [1.165, 1.54) is 12.5 Å². The molecule has 4 heterocycles. The van der Waals surface area contributed by atoms with Gasteiger partial charge in [-0.1, -0.05) is 6.92 Å². The first-order valence-corrected chi connectivity index (χ1v) is 8.15. The lowest BCUT2D eigenvalue weighted by molar-refractivity contribution is -0.126. The van der Waals surface area contributed by atoms with Crippen LogP contribution in [-0.4, -0.2) is 41.3 Å². The van der Waals surface area contributed by atoms with Crippen molar-refractivity contribution in [3.63, 3.8) is 0 Å². The highest BCUT2D eigenvalue weighted by molar-refractivity contribution is 6.01. The summed E-state index contributed by atoms with van der Waals surface area (Å²) in [6, 6.07) is 5.40. The number of carbonyl (C=O) groups excluding carboxylic acids is 2. The summed E-state index contributed by atoms with van der Waals surface area (Å²) in [4.78, 5) is 33.4. The number of furan rings is 1. The van der Waals surface area contributed by atoms with Gasteiger partial charge in [-0.05, 0) is 30.5 Å². The highest BCUT2D eigenvalue weighted by Gasteiger charge is 2.56. The zero-order valence-corrected chi connectivity index (χ0v) is 13.5. The Balaban J connectivity index is 1.58. The van der Waals surface area contributed by atoms with Gasteiger partial charge in [0, 0.05) is 25.8 Å². The van der Waals surface area contributed by atoms with E-state index >= 15 is 0 Å². The lowest BCUT2D eigenvalue weighted by Gasteiger charge is -2.26. The number of pyridine rings is 1. The summed E-state index contributed by atoms with van der Waals surface area (Å²) in [7, 11) is 0. The van der Waals surface area contributed by atoms with Gasteiger partial charge < -0.3 is 14.2 Å². The molecule has 2 amide bonds. The van der Waals surface area contributed by atoms with Gasteiger partial charge in [-0.15, -0.1) is 0 Å². The van der Waals surface area contributed by atoms with Gasteiger partial charge in [0.05, 0.1) is 29.1 Å². The molecule has 2 aromatic rings. The van der Waals surface area contributed by atoms with Gasteiger partial charge in [0.25, 0.3) is 5.91 Å². The molecular weight excluding hydrogens is 306 g/mol. The highest BCUT2D eigenvalue weighted by Crippen LogP contribution is 2.46. The molecule has 2 fully saturated rings. The molecule has 1 spiro atoms. The largest absolute Gasteiger partial charge is 0.472 e. The van der Waals surface area contributed by atoms with Crippen LogP contribution in [-0.2, 0) is 4.79 Å². The van der Waals surface area contributed by atoms with Crippen molar-refractivity contribution in [2.24, 2.45) is 11.3 Å². The molecule has 2 atom stereocenters. The third-order valence-electron chi connectivity index (χ3n) is 5.38. The average molecular weight is 325 g/mol. The summed E-state index contributed by atoms with van der Waals surface area (Å²) in [5.41, 5.74) is 0.870. The molecule has 2 saturated heterocycles. The molecule has 0 saturated carbocycles. The average Bonchev–Trinajstić information content (AvgIpc) is 3.31. The molecule has 2 aliphatic heterocycles. The summed E-state index contributed by atoms with van der Waals surface area (Å²) < 4.78 is 5.01. The van der Waals surface area contributed by atoms with E-state index in [0.717, 1.165) is 12.1 Å². The summed E-state index contributed by atoms with van der Waals surface area (Å²) in [6.45, 7) is 3.79. The van der Waals surface area contributed by atoms with E-state index in [9.17, 15) is 9.59 Å². The number of likely N-dealkylation sites (tertiary alicyclic amines) is 1. The standard InChI is InChI=1S/C18H19N3O3/c1-13-10-20(16(22)14-4-8-24-11-14)12-18(13)5-7-21(17(18)23)15-3-2-6-19-9-15/h2-4,6,8-9,11,13H,5,7,10,12H2,1H3/t13-,18-/m1/s1. The molecule has 0 unspecified atom stereocenters. The van der Waals surface area contributed by atoms with Crippen molar-refractivity contribution in [2.75, 3.05) is 24.5 Å². The Kier molecular flexibility index (Phi) is 3.40. The number of nitrogens with zero attached hydrogens (tertiary/aromatic N) is 3. The Bertz CT molecular complexity index is 759. The van der Waals surface area contributed by atoms with Crippen molar-refractivity contribution < 1.29 is 14.0 Å². The van der Waals surface area contributed by atoms with Crippen molar-refractivity contribution in [3.05, 3.63) is 48.7 Å². The van der Waals surface area contributed by atoms with E-state index in [1.807, 2.05) is 12.1 Å². The van der Waals surface area contributed by atoms with Crippen LogP contribution in [0.1, 0.15) is 23.7 Å². The van der Waals surface area contributed by atoms with Crippen LogP contribution < -0.4 is 4.90 Å². The van der Waals surface area contributed by atoms with E-state index < -0.39 is 5.41 Å². The van der Waals surface area contributed by atoms with Crippen LogP contribution in [0.3, 0.4) is 0 Å². The van der Waals surface area contributed by atoms with Crippen LogP contribution in [0.2, 0.25) is 0 Å². The number of rotatable bonds is 2. The van der Waals surface area contributed by atoms with Gasteiger partial charge in [-0.2, -0.15) is 0 Å². The molecule has 4 rings (SSSR count). The van der Waals surface area contributed by atoms with Crippen LogP contribution in [0.4, 0.5) is 5.69 Å². The Morgan fingerprint density at radius 1 is 1.42 bits per heavy atom. The van der Waals surface area contributed by atoms with Crippen LogP contribution in [0, 0.1) is 11.3 Å². The fourth-order valence-electron chi connectivity index (χ4n) is 3.94. The minimum absolute atomic E-state index is 0.0693. The molecule has 124 valence electrons. The maximum absolute atomic E-state index is 13.1. The SMILES string of the molecule is C[C@@H]1CN(C(=O)c2ccoc2)C[C@]12CCN(c1cccnc1)C2=O. The Morgan fingerprint density at radius 2 is 2.29 bits per heavy atom. The summed E-state index contributed by atoms with van der Waals surface area (Å²) in [5.74, 6) is 0.160. The third kappa shape index (κ3) is 2.13. The smallest absolute Gasteiger partial charge is 0.257 e. The molecule has 0 aromatic carbocycles. The second kappa shape index (κ2) is 5.47. The second-order valence-corrected chi connectivity index (χ2v) is 6.67. The van der Waals surface area contributed by atoms with Gasteiger partial charge in [0.2, 0.25) is 5.91 Å². The quantitative estimate of drug-likeness (QED) is 0.849. The van der Waals surface area contributed by atoms with Crippen LogP contribution in [0.15, 0.2) is 47.5 Å². The van der Waals surface area contributed by atoms with Gasteiger partial charge in [0.1, 0.15) is 6.26 Å². The molecule has 0 radical (unpaired) electrons. The van der Waals surface area contributed by atoms with Crippen molar-refractivity contribution in [3.8, 4) is 0 Å². The molecule has 2 aromatic heterocycles. The fraction of sp³-hybridized carbons (Fsp3) is 0.389. The first-order valence-electron chi connectivity index (χ1n) is 8.15. The van der Waals surface area contributed by atoms with Gasteiger partial charge in [-0.3, -0.25) is 14.6 Å². The predicted molar refractivity (Wildman–Crippen MR) is 87.4 cm³/mol. The lowest BCUT2D eigenvalue weighted by atomic mass is 9.78. The predicted octanol–water partition coefficient (Wildman–Crippen LogP) is 2.19. The van der Waals surface area contributed by atoms with Crippen LogP contribution in [0.5, 0.6) is 0 Å². The van der Waals surface area contributed by atoms with E-state index in [0.29, 0.717) is 25.2 Å². The molecule has 24 heavy (non-hydrogen) atoms. The van der Waals surface area contributed by atoms with E-state index in [4.69, 9.17) is 4.42 Å². The molecule has 6 heteroatoms.